The van der Waals surface area contributed by atoms with Gasteiger partial charge in [-0.15, -0.1) is 0 Å². The monoisotopic (exact) mass is 1300 g/mol. The summed E-state index contributed by atoms with van der Waals surface area (Å²) >= 11 is 6.49. The number of carbonyl (C=O) groups excluding carboxylic acids is 6. The van der Waals surface area contributed by atoms with E-state index in [4.69, 9.17) is 28.8 Å². The average molecular weight is 1300 g/mol. The molecule has 3 aliphatic heterocycles. The van der Waals surface area contributed by atoms with Gasteiger partial charge in [0.1, 0.15) is 28.0 Å². The van der Waals surface area contributed by atoms with Crippen molar-refractivity contribution in [1.29, 1.82) is 0 Å². The summed E-state index contributed by atoms with van der Waals surface area (Å²) in [5.74, 6) is 0.0471. The van der Waals surface area contributed by atoms with Crippen molar-refractivity contribution in [3.63, 3.8) is 0 Å². The molecular weight excluding hydrogens is 1190 g/mol. The van der Waals surface area contributed by atoms with Gasteiger partial charge in [-0.2, -0.15) is 0 Å². The summed E-state index contributed by atoms with van der Waals surface area (Å²) in [5.41, 5.74) is 0.00759. The molecule has 0 aromatic heterocycles. The van der Waals surface area contributed by atoms with E-state index in [-0.39, 0.29) is 89.1 Å². The summed E-state index contributed by atoms with van der Waals surface area (Å²) < 4.78 is 25.9. The number of rotatable bonds is 5. The predicted molar refractivity (Wildman–Crippen MR) is 334 cm³/mol. The van der Waals surface area contributed by atoms with Gasteiger partial charge in [0.2, 0.25) is 0 Å². The first kappa shape index (κ1) is 92.1. The number of aliphatic hydroxyl groups is 2. The number of nitrogens with one attached hydrogen (secondary N) is 1. The van der Waals surface area contributed by atoms with E-state index < -0.39 is 34.6 Å². The molecule has 5 amide bonds. The molecule has 3 saturated heterocycles. The zero-order valence-corrected chi connectivity index (χ0v) is 59.0. The first-order valence-electron chi connectivity index (χ1n) is 26.4. The third-order valence-corrected chi connectivity index (χ3v) is 10.8. The fraction of sp³-hybridized carbons (Fsp3) is 0.821. The van der Waals surface area contributed by atoms with Gasteiger partial charge in [0.05, 0.1) is 25.7 Å². The fourth-order valence-electron chi connectivity index (χ4n) is 5.84. The van der Waals surface area contributed by atoms with Gasteiger partial charge in [-0.1, -0.05) is 71.4 Å². The summed E-state index contributed by atoms with van der Waals surface area (Å²) in [6.07, 6.45) is -0.0416. The summed E-state index contributed by atoms with van der Waals surface area (Å²) in [5, 5.41) is 21.2. The smallest absolute Gasteiger partial charge is 1.00 e. The number of halogens is 2. The van der Waals surface area contributed by atoms with Gasteiger partial charge in [-0.3, -0.25) is 14.6 Å². The molecule has 1 atom stereocenters. The number of ether oxygens (including phenoxy) is 5. The molecule has 473 valence electrons. The molecule has 81 heavy (non-hydrogen) atoms. The normalized spacial score (nSPS) is 16.1. The number of amides is 5. The maximum absolute atomic E-state index is 11.9. The van der Waals surface area contributed by atoms with Crippen LogP contribution in [0.15, 0.2) is 24.3 Å². The summed E-state index contributed by atoms with van der Waals surface area (Å²) in [6.45, 7) is 45.2. The number of unbranched alkanes of at least 4 members (excludes halogenated alkanes) is 1. The Morgan fingerprint density at radius 1 is 0.617 bits per heavy atom. The van der Waals surface area contributed by atoms with Gasteiger partial charge in [0.15, 0.2) is 5.78 Å². The van der Waals surface area contributed by atoms with Gasteiger partial charge in [0, 0.05) is 106 Å². The van der Waals surface area contributed by atoms with Crippen LogP contribution in [0.5, 0.6) is 0 Å². The van der Waals surface area contributed by atoms with Crippen LogP contribution in [0.3, 0.4) is 0 Å². The first-order valence-corrected chi connectivity index (χ1v) is 28.6. The van der Waals surface area contributed by atoms with E-state index in [1.165, 1.54) is 15.4 Å². The molecule has 25 heteroatoms. The van der Waals surface area contributed by atoms with E-state index >= 15 is 0 Å². The largest absolute Gasteiger partial charge is 1.00 e. The van der Waals surface area contributed by atoms with Crippen LogP contribution < -0.4 is 34.9 Å². The van der Waals surface area contributed by atoms with Crippen molar-refractivity contribution in [2.75, 3.05) is 138 Å². The maximum atomic E-state index is 11.9. The Balaban J connectivity index is -0.000000134. The number of β-amino-alcohol motifs (C(OH)–C–C–N with tert-alkyl or cyclic N) is 1. The number of aliphatic hydroxyl groups excluding tert-OH is 2. The van der Waals surface area contributed by atoms with Gasteiger partial charge in [0.25, 0.3) is 0 Å². The number of nitrogens with zero attached hydrogens (tertiary/aromatic N) is 7. The Bertz CT molecular complexity index is 1720. The van der Waals surface area contributed by atoms with Gasteiger partial charge >= 0.3 is 60.0 Å². The van der Waals surface area contributed by atoms with Crippen molar-refractivity contribution in [1.82, 2.24) is 39.6 Å². The van der Waals surface area contributed by atoms with E-state index in [2.05, 4.69) is 62.2 Å². The van der Waals surface area contributed by atoms with Crippen molar-refractivity contribution < 1.29 is 93.6 Å². The third-order valence-electron chi connectivity index (χ3n) is 9.22. The van der Waals surface area contributed by atoms with E-state index in [9.17, 15) is 33.9 Å². The molecule has 3 fully saturated rings. The molecular formula is C56H113BBr2N8NaO13. The molecule has 0 aliphatic carbocycles. The van der Waals surface area contributed by atoms with Crippen LogP contribution in [-0.2, 0) is 28.5 Å². The number of alkyl carbamates (subject to hydrolysis) is 1. The van der Waals surface area contributed by atoms with Crippen molar-refractivity contribution in [3.8, 4) is 0 Å². The number of alkyl halides is 2. The average Bonchev–Trinajstić information content (AvgIpc) is 3.64. The van der Waals surface area contributed by atoms with Crippen molar-refractivity contribution in [3.05, 3.63) is 24.3 Å². The Labute approximate surface area is 533 Å². The minimum Gasteiger partial charge on any atom is -1.00 e. The predicted octanol–water partition coefficient (Wildman–Crippen LogP) is 6.10. The number of carbonyl (C=O) groups is 6. The molecule has 0 aromatic carbocycles. The molecule has 0 saturated carbocycles. The zero-order chi connectivity index (χ0) is 62.0. The van der Waals surface area contributed by atoms with Crippen LogP contribution in [0, 0.1) is 0 Å². The number of allylic oxidation sites excluding steroid dienone is 1. The molecule has 3 N–H and O–H groups in total. The number of likely N-dealkylation sites (N-methyl/N-ethyl adjacent to an activating group) is 3. The minimum atomic E-state index is -0.516. The topological polar surface area (TPSA) is 224 Å². The quantitative estimate of drug-likeness (QED) is 0.0930. The molecule has 1 unspecified atom stereocenters. The maximum Gasteiger partial charge on any atom is 1.00 e. The van der Waals surface area contributed by atoms with Crippen LogP contribution in [0.2, 0.25) is 0 Å². The number of ketones is 1. The number of Topliss-reactive ketones (excluding diaryl/α,β-unsaturated/α-hetero) is 1. The molecule has 3 heterocycles. The minimum absolute atomic E-state index is 0. The molecule has 0 bridgehead atoms. The van der Waals surface area contributed by atoms with E-state index in [1.807, 2.05) is 135 Å². The second-order valence-corrected chi connectivity index (χ2v) is 25.2. The van der Waals surface area contributed by atoms with Crippen LogP contribution in [-0.4, -0.2) is 261 Å². The SMILES string of the molecule is C.C=C(CBr)CBr.C=C1CN(C)CCN(C(=O)OC(C)(C)C)C1.CCCCNC(=O)OC(C)(C)C.CN(C)C(=O)OC(C)(C)C.CN1CCN(C(=O)OC(C)(C)C)CC(=O)C1.CN1CCN(C(=O)OC(C)(C)C)CC(O)C1.CO.[B].[H-].[Na+]. The van der Waals surface area contributed by atoms with Crippen molar-refractivity contribution in [2.45, 2.75) is 165 Å². The Morgan fingerprint density at radius 3 is 1.32 bits per heavy atom. The Kier molecular flexibility index (Phi) is 53.0. The molecule has 3 rings (SSSR count). The summed E-state index contributed by atoms with van der Waals surface area (Å²) in [6, 6.07) is 0. The second kappa shape index (κ2) is 46.6. The summed E-state index contributed by atoms with van der Waals surface area (Å²) in [7, 11) is 10.2. The van der Waals surface area contributed by atoms with Crippen molar-refractivity contribution >= 4 is 76.5 Å². The zero-order valence-electron chi connectivity index (χ0n) is 54.9. The number of hydrogen-bond donors (Lipinski definition) is 3. The van der Waals surface area contributed by atoms with Crippen LogP contribution >= 0.6 is 31.9 Å². The molecule has 3 aliphatic rings. The third kappa shape index (κ3) is 58.9. The number of hydrogen-bond acceptors (Lipinski definition) is 16. The van der Waals surface area contributed by atoms with Gasteiger partial charge < -0.3 is 65.1 Å². The molecule has 0 aromatic rings. The van der Waals surface area contributed by atoms with Gasteiger partial charge in [-0.25, -0.2) is 24.0 Å². The Morgan fingerprint density at radius 2 is 0.975 bits per heavy atom. The molecule has 21 nitrogen and oxygen atoms in total. The fourth-order valence-corrected chi connectivity index (χ4v) is 6.77. The van der Waals surface area contributed by atoms with Gasteiger partial charge in [-0.05, 0) is 137 Å². The standard InChI is InChI=1S/C12H22N2O2.C11H22N2O3.C11H20N2O3.C9H19NO2.C7H15NO2.C4H6Br2.CH4O.CH4.B.Na.H/c1-10-8-13(5)6-7-14(9-10)11(15)16-12(2,3)4;2*1-11(2,3)16-10(15)13-6-5-12(4)7-9(14)8-13;1-5-6-7-10-8(11)12-9(2,3)4;1-7(2,3)10-6(9)8(4)5;1-4(2-5)3-6;1-2;;;;/h1,6-9H2,2-5H3;9,14H,5-8H2,1-4H3;5-8H2,1-4H3;5-7H2,1-4H3,(H,10,11);1-5H3;1-3H2;2H,1H3;1H4;;;/q;;;;;;;;;+1;-1. The molecule has 3 radical (unpaired) electrons. The van der Waals surface area contributed by atoms with Crippen LogP contribution in [0.1, 0.15) is 132 Å². The van der Waals surface area contributed by atoms with Crippen LogP contribution in [0.25, 0.3) is 0 Å². The van der Waals surface area contributed by atoms with E-state index in [0.717, 1.165) is 55.8 Å². The van der Waals surface area contributed by atoms with Crippen molar-refractivity contribution in [2.24, 2.45) is 0 Å². The Hall–Kier alpha value is -2.68. The van der Waals surface area contributed by atoms with Crippen LogP contribution in [0.4, 0.5) is 24.0 Å². The molecule has 0 spiro atoms. The second-order valence-electron chi connectivity index (χ2n) is 24.1. The summed E-state index contributed by atoms with van der Waals surface area (Å²) in [4.78, 5) is 81.0. The van der Waals surface area contributed by atoms with E-state index in [0.29, 0.717) is 58.9 Å². The van der Waals surface area contributed by atoms with E-state index in [1.54, 1.807) is 23.9 Å². The first-order chi connectivity index (χ1) is 35.4.